The maximum absolute atomic E-state index is 13.8. The molecule has 2 saturated heterocycles. The van der Waals surface area contributed by atoms with Crippen LogP contribution in [0.3, 0.4) is 0 Å². The van der Waals surface area contributed by atoms with Gasteiger partial charge in [-0.05, 0) is 43.5 Å². The van der Waals surface area contributed by atoms with Crippen LogP contribution in [0.1, 0.15) is 30.0 Å². The number of aromatic nitrogens is 2. The number of fused-ring (bicyclic) bond motifs is 1. The zero-order valence-corrected chi connectivity index (χ0v) is 24.0. The van der Waals surface area contributed by atoms with Crippen molar-refractivity contribution >= 4 is 51.7 Å². The Kier molecular flexibility index (Phi) is 8.76. The first-order valence-electron chi connectivity index (χ1n) is 13.3. The van der Waals surface area contributed by atoms with Crippen molar-refractivity contribution in [2.45, 2.75) is 26.8 Å². The molecular weight excluding hydrogens is 530 g/mol. The maximum Gasteiger partial charge on any atom is 0.267 e. The van der Waals surface area contributed by atoms with Gasteiger partial charge in [0, 0.05) is 58.7 Å². The van der Waals surface area contributed by atoms with Crippen LogP contribution >= 0.6 is 24.0 Å². The quantitative estimate of drug-likeness (QED) is 0.220. The van der Waals surface area contributed by atoms with Gasteiger partial charge >= 0.3 is 0 Å². The molecule has 0 radical (unpaired) electrons. The van der Waals surface area contributed by atoms with Crippen LogP contribution in [0.25, 0.3) is 11.7 Å². The number of pyridine rings is 1. The van der Waals surface area contributed by atoms with Crippen molar-refractivity contribution in [1.82, 2.24) is 19.2 Å². The van der Waals surface area contributed by atoms with Gasteiger partial charge in [0.2, 0.25) is 0 Å². The van der Waals surface area contributed by atoms with Gasteiger partial charge in [0.25, 0.3) is 11.5 Å². The minimum atomic E-state index is -0.188. The fourth-order valence-corrected chi connectivity index (χ4v) is 6.16. The first kappa shape index (κ1) is 27.5. The lowest BCUT2D eigenvalue weighted by molar-refractivity contribution is -0.122. The van der Waals surface area contributed by atoms with E-state index in [1.807, 2.05) is 32.0 Å². The monoisotopic (exact) mass is 563 g/mol. The van der Waals surface area contributed by atoms with Crippen molar-refractivity contribution < 1.29 is 9.53 Å². The molecule has 2 aliphatic rings. The molecule has 0 atom stereocenters. The summed E-state index contributed by atoms with van der Waals surface area (Å²) < 4.78 is 7.48. The second-order valence-electron chi connectivity index (χ2n) is 9.72. The van der Waals surface area contributed by atoms with E-state index in [4.69, 9.17) is 21.9 Å². The van der Waals surface area contributed by atoms with E-state index in [2.05, 4.69) is 34.1 Å². The molecule has 0 spiro atoms. The molecule has 0 N–H and O–H groups in total. The Morgan fingerprint density at radius 3 is 2.59 bits per heavy atom. The molecule has 0 aliphatic carbocycles. The van der Waals surface area contributed by atoms with E-state index in [1.54, 1.807) is 21.6 Å². The minimum absolute atomic E-state index is 0.172. The van der Waals surface area contributed by atoms with Crippen LogP contribution in [0.4, 0.5) is 5.82 Å². The second kappa shape index (κ2) is 12.4. The van der Waals surface area contributed by atoms with Crippen LogP contribution < -0.4 is 10.5 Å². The molecule has 204 valence electrons. The number of amides is 1. The lowest BCUT2D eigenvalue weighted by atomic mass is 10.2. The van der Waals surface area contributed by atoms with Crippen LogP contribution in [-0.4, -0.2) is 75.3 Å². The molecule has 2 aliphatic heterocycles. The molecule has 3 aromatic rings. The molecule has 0 bridgehead atoms. The number of anilines is 1. The van der Waals surface area contributed by atoms with Crippen molar-refractivity contribution in [2.75, 3.05) is 50.8 Å². The van der Waals surface area contributed by atoms with Gasteiger partial charge in [-0.1, -0.05) is 60.4 Å². The van der Waals surface area contributed by atoms with Crippen molar-refractivity contribution in [1.29, 1.82) is 0 Å². The third kappa shape index (κ3) is 6.24. The highest BCUT2D eigenvalue weighted by molar-refractivity contribution is 8.26. The predicted octanol–water partition coefficient (Wildman–Crippen LogP) is 3.95. The van der Waals surface area contributed by atoms with E-state index in [9.17, 15) is 9.59 Å². The largest absolute Gasteiger partial charge is 0.382 e. The molecule has 8 nitrogen and oxygen atoms in total. The van der Waals surface area contributed by atoms with E-state index < -0.39 is 0 Å². The summed E-state index contributed by atoms with van der Waals surface area (Å²) in [6.45, 7) is 9.66. The van der Waals surface area contributed by atoms with Gasteiger partial charge in [-0.25, -0.2) is 4.98 Å². The van der Waals surface area contributed by atoms with Gasteiger partial charge in [-0.2, -0.15) is 0 Å². The standard InChI is InChI=1S/C29H33N5O3S2/c1-3-37-17-7-12-33-28(36)24(39-29(33)38)18-23-26(30-25-11-10-21(2)19-34(25)27(23)35)32-15-13-31(14-16-32)20-22-8-5-4-6-9-22/h4-6,8-11,18-19H,3,7,12-17,20H2,1-2H3. The number of benzene rings is 1. The Morgan fingerprint density at radius 2 is 1.85 bits per heavy atom. The van der Waals surface area contributed by atoms with Crippen molar-refractivity contribution in [3.63, 3.8) is 0 Å². The van der Waals surface area contributed by atoms with Gasteiger partial charge in [-0.15, -0.1) is 0 Å². The van der Waals surface area contributed by atoms with Gasteiger partial charge in [0.15, 0.2) is 0 Å². The first-order valence-corrected chi connectivity index (χ1v) is 14.5. The molecule has 1 aromatic carbocycles. The zero-order valence-electron chi connectivity index (χ0n) is 22.3. The summed E-state index contributed by atoms with van der Waals surface area (Å²) in [5.41, 5.74) is 3.07. The Hall–Kier alpha value is -3.05. The molecular formula is C29H33N5O3S2. The highest BCUT2D eigenvalue weighted by Crippen LogP contribution is 2.33. The topological polar surface area (TPSA) is 70.4 Å². The van der Waals surface area contributed by atoms with Crippen LogP contribution in [-0.2, 0) is 16.1 Å². The number of hydrogen-bond donors (Lipinski definition) is 0. The second-order valence-corrected chi connectivity index (χ2v) is 11.4. The highest BCUT2D eigenvalue weighted by Gasteiger charge is 2.33. The van der Waals surface area contributed by atoms with Crippen LogP contribution in [0, 0.1) is 6.92 Å². The van der Waals surface area contributed by atoms with Crippen LogP contribution in [0.5, 0.6) is 0 Å². The minimum Gasteiger partial charge on any atom is -0.382 e. The van der Waals surface area contributed by atoms with Crippen molar-refractivity contribution in [3.8, 4) is 0 Å². The van der Waals surface area contributed by atoms with E-state index in [0.717, 1.165) is 38.3 Å². The van der Waals surface area contributed by atoms with Gasteiger partial charge in [0.05, 0.1) is 10.5 Å². The zero-order chi connectivity index (χ0) is 27.4. The third-order valence-corrected chi connectivity index (χ3v) is 8.31. The summed E-state index contributed by atoms with van der Waals surface area (Å²) in [7, 11) is 0. The maximum atomic E-state index is 13.8. The summed E-state index contributed by atoms with van der Waals surface area (Å²) in [5, 5.41) is 0. The first-order chi connectivity index (χ1) is 18.9. The number of piperazine rings is 1. The van der Waals surface area contributed by atoms with E-state index in [-0.39, 0.29) is 11.5 Å². The average molecular weight is 564 g/mol. The molecule has 2 fully saturated rings. The number of rotatable bonds is 9. The summed E-state index contributed by atoms with van der Waals surface area (Å²) in [4.78, 5) is 38.6. The molecule has 4 heterocycles. The summed E-state index contributed by atoms with van der Waals surface area (Å²) in [5.74, 6) is 0.443. The van der Waals surface area contributed by atoms with Crippen molar-refractivity contribution in [2.24, 2.45) is 0 Å². The van der Waals surface area contributed by atoms with E-state index in [1.165, 1.54) is 17.3 Å². The number of nitrogens with zero attached hydrogens (tertiary/aromatic N) is 5. The normalized spacial score (nSPS) is 17.6. The molecule has 39 heavy (non-hydrogen) atoms. The molecule has 10 heteroatoms. The SMILES string of the molecule is CCOCCCN1C(=O)C(=Cc2c(N3CCN(Cc4ccccc4)CC3)nc3ccc(C)cn3c2=O)SC1=S. The fraction of sp³-hybridized carbons (Fsp3) is 0.379. The smallest absolute Gasteiger partial charge is 0.267 e. The molecule has 0 saturated carbocycles. The number of aryl methyl sites for hydroxylation is 1. The Bertz CT molecular complexity index is 1450. The lowest BCUT2D eigenvalue weighted by Crippen LogP contribution is -2.47. The van der Waals surface area contributed by atoms with E-state index >= 15 is 0 Å². The molecule has 0 unspecified atom stereocenters. The van der Waals surface area contributed by atoms with Gasteiger partial charge < -0.3 is 9.64 Å². The molecule has 1 amide bonds. The summed E-state index contributed by atoms with van der Waals surface area (Å²) in [6, 6.07) is 14.3. The molecule has 5 rings (SSSR count). The Morgan fingerprint density at radius 1 is 1.08 bits per heavy atom. The van der Waals surface area contributed by atoms with Gasteiger partial charge in [-0.3, -0.25) is 23.8 Å². The number of hydrogen-bond acceptors (Lipinski definition) is 8. The predicted molar refractivity (Wildman–Crippen MR) is 161 cm³/mol. The summed E-state index contributed by atoms with van der Waals surface area (Å²) in [6.07, 6.45) is 4.19. The lowest BCUT2D eigenvalue weighted by Gasteiger charge is -2.36. The Labute approximate surface area is 238 Å². The number of carbonyl (C=O) groups excluding carboxylic acids is 1. The summed E-state index contributed by atoms with van der Waals surface area (Å²) >= 11 is 6.75. The fourth-order valence-electron chi connectivity index (χ4n) is 4.87. The van der Waals surface area contributed by atoms with Crippen LogP contribution in [0.15, 0.2) is 58.4 Å². The third-order valence-electron chi connectivity index (χ3n) is 6.93. The Balaban J connectivity index is 1.43. The van der Waals surface area contributed by atoms with Gasteiger partial charge in [0.1, 0.15) is 15.8 Å². The number of carbonyl (C=O) groups is 1. The highest BCUT2D eigenvalue weighted by atomic mass is 32.2. The number of ether oxygens (including phenoxy) is 1. The van der Waals surface area contributed by atoms with Crippen LogP contribution in [0.2, 0.25) is 0 Å². The van der Waals surface area contributed by atoms with Crippen molar-refractivity contribution in [3.05, 3.63) is 80.6 Å². The van der Waals surface area contributed by atoms with E-state index in [0.29, 0.717) is 52.4 Å². The number of thioether (sulfide) groups is 1. The number of thiocarbonyl (C=S) groups is 1. The average Bonchev–Trinajstić information content (AvgIpc) is 3.21. The molecule has 2 aromatic heterocycles.